The van der Waals surface area contributed by atoms with Crippen LogP contribution in [0, 0.1) is 0 Å². The van der Waals surface area contributed by atoms with Crippen molar-refractivity contribution >= 4 is 56.9 Å². The Balaban J connectivity index is 1.50. The van der Waals surface area contributed by atoms with Crippen molar-refractivity contribution in [1.29, 1.82) is 0 Å². The fourth-order valence-corrected chi connectivity index (χ4v) is 4.93. The van der Waals surface area contributed by atoms with E-state index in [1.165, 1.54) is 0 Å². The van der Waals surface area contributed by atoms with Crippen LogP contribution in [0.15, 0.2) is 91.0 Å². The minimum Gasteiger partial charge on any atom is -0.497 e. The molecule has 220 valence electrons. The zero-order valence-corrected chi connectivity index (χ0v) is 24.4. The summed E-state index contributed by atoms with van der Waals surface area (Å²) in [5.41, 5.74) is 3.21. The quantitative estimate of drug-likeness (QED) is 0.160. The van der Waals surface area contributed by atoms with Gasteiger partial charge < -0.3 is 24.8 Å². The molecule has 0 aliphatic heterocycles. The first-order valence-corrected chi connectivity index (χ1v) is 14.1. The fourth-order valence-electron chi connectivity index (χ4n) is 4.36. The maximum absolute atomic E-state index is 12.9. The number of amides is 1. The summed E-state index contributed by atoms with van der Waals surface area (Å²) >= 11 is -2.57. The van der Waals surface area contributed by atoms with Crippen molar-refractivity contribution in [2.75, 3.05) is 36.3 Å². The molecule has 12 heteroatoms. The van der Waals surface area contributed by atoms with Crippen molar-refractivity contribution in [2.45, 2.75) is 6.42 Å². The summed E-state index contributed by atoms with van der Waals surface area (Å²) in [6, 6.07) is 26.2. The number of hydrogen-bond acceptors (Lipinski definition) is 8. The highest BCUT2D eigenvalue weighted by Crippen LogP contribution is 2.36. The van der Waals surface area contributed by atoms with E-state index in [0.29, 0.717) is 45.3 Å². The molecule has 0 aliphatic carbocycles. The van der Waals surface area contributed by atoms with E-state index in [0.717, 1.165) is 9.87 Å². The van der Waals surface area contributed by atoms with E-state index >= 15 is 0 Å². The van der Waals surface area contributed by atoms with E-state index in [1.807, 2.05) is 18.2 Å². The summed E-state index contributed by atoms with van der Waals surface area (Å²) in [6.07, 6.45) is 0.137. The number of anilines is 5. The van der Waals surface area contributed by atoms with Gasteiger partial charge in [-0.1, -0.05) is 30.3 Å². The van der Waals surface area contributed by atoms with Gasteiger partial charge in [0.05, 0.1) is 44.5 Å². The molecule has 0 spiro atoms. The molecule has 0 saturated carbocycles. The number of aromatic nitrogens is 2. The fraction of sp³-hybridized carbons (Fsp3) is 0.129. The number of benzene rings is 4. The average molecular weight is 600 g/mol. The van der Waals surface area contributed by atoms with Gasteiger partial charge in [-0.05, 0) is 48.0 Å². The number of methoxy groups -OCH3 is 3. The second kappa shape index (κ2) is 13.2. The smallest absolute Gasteiger partial charge is 0.268 e. The number of hydrogen-bond donors (Lipinski definition) is 3. The predicted molar refractivity (Wildman–Crippen MR) is 167 cm³/mol. The third-order valence-electron chi connectivity index (χ3n) is 6.40. The molecule has 1 heterocycles. The Hall–Kier alpha value is -5.20. The van der Waals surface area contributed by atoms with E-state index in [9.17, 15) is 13.6 Å². The van der Waals surface area contributed by atoms with E-state index in [-0.39, 0.29) is 24.0 Å². The lowest BCUT2D eigenvalue weighted by atomic mass is 10.1. The Morgan fingerprint density at radius 3 is 2.07 bits per heavy atom. The number of ether oxygens (including phenoxy) is 3. The molecular formula is C31H29N5O6S. The molecule has 43 heavy (non-hydrogen) atoms. The Kier molecular flexibility index (Phi) is 8.99. The molecule has 0 fully saturated rings. The lowest BCUT2D eigenvalue weighted by Gasteiger charge is -2.23. The van der Waals surface area contributed by atoms with Crippen LogP contribution in [0.4, 0.5) is 28.7 Å². The van der Waals surface area contributed by atoms with Gasteiger partial charge in [0.1, 0.15) is 17.2 Å². The van der Waals surface area contributed by atoms with Gasteiger partial charge in [0, 0.05) is 29.6 Å². The molecule has 0 saturated heterocycles. The van der Waals surface area contributed by atoms with Gasteiger partial charge in [-0.25, -0.2) is 18.5 Å². The molecule has 0 aliphatic rings. The summed E-state index contributed by atoms with van der Waals surface area (Å²) in [6.45, 7) is 0. The van der Waals surface area contributed by atoms with Crippen LogP contribution in [0.1, 0.15) is 5.56 Å². The zero-order chi connectivity index (χ0) is 30.3. The highest BCUT2D eigenvalue weighted by atomic mass is 32.2. The molecule has 1 unspecified atom stereocenters. The molecule has 1 aromatic heterocycles. The SMILES string of the molecule is COc1ccc(CC(=O)Nc2cccc(N(c3nc4ccccc4nc3Nc3cc(OC)cc(OC)c3)S(=O)O)c2)cc1. The van der Waals surface area contributed by atoms with Gasteiger partial charge in [-0.3, -0.25) is 9.35 Å². The maximum atomic E-state index is 12.9. The lowest BCUT2D eigenvalue weighted by molar-refractivity contribution is -0.115. The standard InChI is InChI=1S/C31H29N5O6S/c1-40-24-13-11-20(12-14-24)15-29(37)32-21-7-6-8-23(16-21)36(43(38)39)31-30(34-27-9-4-5-10-28(27)35-31)33-22-17-25(41-2)19-26(18-22)42-3/h4-14,16-19H,15H2,1-3H3,(H,32,37)(H,33,34)(H,38,39). The van der Waals surface area contributed by atoms with Crippen LogP contribution in [0.25, 0.3) is 11.0 Å². The average Bonchev–Trinajstić information content (AvgIpc) is 3.01. The second-order valence-electron chi connectivity index (χ2n) is 9.26. The maximum Gasteiger partial charge on any atom is 0.268 e. The lowest BCUT2D eigenvalue weighted by Crippen LogP contribution is -2.22. The van der Waals surface area contributed by atoms with E-state index < -0.39 is 11.3 Å². The molecule has 3 N–H and O–H groups in total. The molecule has 5 aromatic rings. The van der Waals surface area contributed by atoms with Gasteiger partial charge in [-0.15, -0.1) is 0 Å². The Labute approximate surface area is 250 Å². The van der Waals surface area contributed by atoms with Crippen LogP contribution >= 0.6 is 0 Å². The van der Waals surface area contributed by atoms with Crippen molar-refractivity contribution in [3.8, 4) is 17.2 Å². The molecule has 1 atom stereocenters. The van der Waals surface area contributed by atoms with Crippen LogP contribution in [0.5, 0.6) is 17.2 Å². The molecule has 1 amide bonds. The Morgan fingerprint density at radius 1 is 0.791 bits per heavy atom. The largest absolute Gasteiger partial charge is 0.497 e. The van der Waals surface area contributed by atoms with E-state index in [4.69, 9.17) is 24.2 Å². The third-order valence-corrected chi connectivity index (χ3v) is 7.10. The Bertz CT molecular complexity index is 1760. The number of carbonyl (C=O) groups is 1. The highest BCUT2D eigenvalue weighted by molar-refractivity contribution is 7.81. The number of nitrogens with zero attached hydrogens (tertiary/aromatic N) is 3. The number of fused-ring (bicyclic) bond motifs is 1. The van der Waals surface area contributed by atoms with Crippen LogP contribution in [0.3, 0.4) is 0 Å². The number of carbonyl (C=O) groups excluding carboxylic acids is 1. The van der Waals surface area contributed by atoms with Crippen molar-refractivity contribution in [2.24, 2.45) is 0 Å². The molecular weight excluding hydrogens is 570 g/mol. The molecule has 4 aromatic carbocycles. The van der Waals surface area contributed by atoms with Crippen molar-refractivity contribution in [3.63, 3.8) is 0 Å². The minimum atomic E-state index is -2.57. The zero-order valence-electron chi connectivity index (χ0n) is 23.6. The van der Waals surface area contributed by atoms with E-state index in [1.54, 1.807) is 94.1 Å². The third kappa shape index (κ3) is 7.00. The van der Waals surface area contributed by atoms with E-state index in [2.05, 4.69) is 10.6 Å². The number of nitrogens with one attached hydrogen (secondary N) is 2. The van der Waals surface area contributed by atoms with Crippen molar-refractivity contribution < 1.29 is 27.8 Å². The summed E-state index contributed by atoms with van der Waals surface area (Å²) in [4.78, 5) is 22.2. The molecule has 5 rings (SSSR count). The number of para-hydroxylation sites is 2. The molecule has 0 radical (unpaired) electrons. The monoisotopic (exact) mass is 599 g/mol. The highest BCUT2D eigenvalue weighted by Gasteiger charge is 2.24. The molecule has 11 nitrogen and oxygen atoms in total. The molecule has 0 bridgehead atoms. The van der Waals surface area contributed by atoms with Gasteiger partial charge in [-0.2, -0.15) is 0 Å². The summed E-state index contributed by atoms with van der Waals surface area (Å²) < 4.78 is 40.5. The normalized spacial score (nSPS) is 11.4. The Morgan fingerprint density at radius 2 is 1.44 bits per heavy atom. The number of rotatable bonds is 11. The van der Waals surface area contributed by atoms with Crippen molar-refractivity contribution in [3.05, 3.63) is 96.6 Å². The second-order valence-corrected chi connectivity index (χ2v) is 10.1. The van der Waals surface area contributed by atoms with Gasteiger partial charge in [0.15, 0.2) is 11.6 Å². The predicted octanol–water partition coefficient (Wildman–Crippen LogP) is 5.86. The van der Waals surface area contributed by atoms with Crippen LogP contribution in [-0.2, 0) is 22.5 Å². The van der Waals surface area contributed by atoms with Gasteiger partial charge >= 0.3 is 0 Å². The summed E-state index contributed by atoms with van der Waals surface area (Å²) in [5, 5.41) is 6.06. The summed E-state index contributed by atoms with van der Waals surface area (Å²) in [5.74, 6) is 1.83. The van der Waals surface area contributed by atoms with Crippen LogP contribution in [-0.4, -0.2) is 46.0 Å². The van der Waals surface area contributed by atoms with Crippen LogP contribution in [0.2, 0.25) is 0 Å². The van der Waals surface area contributed by atoms with Crippen molar-refractivity contribution in [1.82, 2.24) is 9.97 Å². The van der Waals surface area contributed by atoms with Gasteiger partial charge in [0.25, 0.3) is 11.3 Å². The summed E-state index contributed by atoms with van der Waals surface area (Å²) in [7, 11) is 4.66. The first-order chi connectivity index (χ1) is 20.9. The van der Waals surface area contributed by atoms with Crippen LogP contribution < -0.4 is 29.1 Å². The minimum absolute atomic E-state index is 0.0861. The first-order valence-electron chi connectivity index (χ1n) is 13.1. The first kappa shape index (κ1) is 29.3. The topological polar surface area (TPSA) is 135 Å². The van der Waals surface area contributed by atoms with Gasteiger partial charge in [0.2, 0.25) is 5.91 Å².